The number of aryl methyl sites for hydroxylation is 1. The van der Waals surface area contributed by atoms with Crippen molar-refractivity contribution < 1.29 is 18.0 Å². The third kappa shape index (κ3) is 5.92. The molecule has 0 heterocycles. The van der Waals surface area contributed by atoms with Crippen molar-refractivity contribution in [3.05, 3.63) is 64.7 Å². The summed E-state index contributed by atoms with van der Waals surface area (Å²) < 4.78 is 22.6. The fraction of sp³-hybridized carbons (Fsp3) is 0.300. The molecule has 0 saturated carbocycles. The Kier molecular flexibility index (Phi) is 6.38. The lowest BCUT2D eigenvalue weighted by molar-refractivity contribution is -0.116. The number of sulfone groups is 1. The van der Waals surface area contributed by atoms with Gasteiger partial charge in [-0.25, -0.2) is 8.42 Å². The molecule has 2 amide bonds. The Morgan fingerprint density at radius 2 is 1.67 bits per heavy atom. The predicted octanol–water partition coefficient (Wildman–Crippen LogP) is 2.56. The maximum absolute atomic E-state index is 12.5. The summed E-state index contributed by atoms with van der Waals surface area (Å²) in [5.74, 6) is -0.666. The van der Waals surface area contributed by atoms with E-state index in [4.69, 9.17) is 0 Å². The summed E-state index contributed by atoms with van der Waals surface area (Å²) in [7, 11) is -1.58. The molecule has 0 saturated heterocycles. The van der Waals surface area contributed by atoms with E-state index in [9.17, 15) is 18.0 Å². The third-order valence-electron chi connectivity index (χ3n) is 4.24. The molecule has 27 heavy (non-hydrogen) atoms. The highest BCUT2D eigenvalue weighted by atomic mass is 32.2. The molecule has 6 nitrogen and oxygen atoms in total. The van der Waals surface area contributed by atoms with Crippen LogP contribution < -0.4 is 5.32 Å². The van der Waals surface area contributed by atoms with Crippen LogP contribution in [0.5, 0.6) is 0 Å². The molecule has 2 rings (SSSR count). The monoisotopic (exact) mass is 388 g/mol. The van der Waals surface area contributed by atoms with E-state index in [1.807, 2.05) is 32.0 Å². The van der Waals surface area contributed by atoms with Crippen molar-refractivity contribution in [1.82, 2.24) is 4.90 Å². The van der Waals surface area contributed by atoms with Crippen molar-refractivity contribution in [2.75, 3.05) is 25.2 Å². The van der Waals surface area contributed by atoms with E-state index in [1.54, 1.807) is 31.3 Å². The van der Waals surface area contributed by atoms with Gasteiger partial charge in [-0.05, 0) is 48.7 Å². The molecule has 0 aromatic heterocycles. The Balaban J connectivity index is 2.00. The lowest BCUT2D eigenvalue weighted by Crippen LogP contribution is -2.35. The van der Waals surface area contributed by atoms with Crippen molar-refractivity contribution in [1.29, 1.82) is 0 Å². The van der Waals surface area contributed by atoms with Crippen LogP contribution in [0.15, 0.2) is 42.5 Å². The average Bonchev–Trinajstić information content (AvgIpc) is 2.57. The van der Waals surface area contributed by atoms with Gasteiger partial charge < -0.3 is 10.2 Å². The zero-order valence-corrected chi connectivity index (χ0v) is 16.8. The minimum absolute atomic E-state index is 0.0739. The van der Waals surface area contributed by atoms with E-state index in [-0.39, 0.29) is 24.1 Å². The van der Waals surface area contributed by atoms with Gasteiger partial charge >= 0.3 is 0 Å². The molecule has 0 aliphatic carbocycles. The number of likely N-dealkylation sites (N-methyl/N-ethyl adjacent to an activating group) is 1. The molecule has 7 heteroatoms. The number of hydrogen-bond donors (Lipinski definition) is 1. The minimum atomic E-state index is -3.13. The number of carbonyl (C=O) groups is 2. The normalized spacial score (nSPS) is 11.1. The quantitative estimate of drug-likeness (QED) is 0.824. The Labute approximate surface area is 160 Å². The molecular formula is C20H24N2O4S. The second-order valence-corrected chi connectivity index (χ2v) is 8.86. The fourth-order valence-electron chi connectivity index (χ4n) is 2.63. The second kappa shape index (κ2) is 8.35. The van der Waals surface area contributed by atoms with Gasteiger partial charge in [0.2, 0.25) is 5.91 Å². The van der Waals surface area contributed by atoms with Gasteiger partial charge in [-0.1, -0.05) is 24.3 Å². The highest BCUT2D eigenvalue weighted by molar-refractivity contribution is 7.89. The van der Waals surface area contributed by atoms with Crippen molar-refractivity contribution in [3.8, 4) is 0 Å². The average molecular weight is 388 g/mol. The van der Waals surface area contributed by atoms with Crippen LogP contribution in [0.4, 0.5) is 5.69 Å². The summed E-state index contributed by atoms with van der Waals surface area (Å²) in [6.07, 6.45) is 1.16. The van der Waals surface area contributed by atoms with E-state index in [0.29, 0.717) is 11.1 Å². The Bertz CT molecular complexity index is 950. The SMILES string of the molecule is Cc1cccc(NC(=O)CN(C)C(=O)c2ccc(CS(C)(=O)=O)cc2)c1C. The van der Waals surface area contributed by atoms with Gasteiger partial charge in [-0.3, -0.25) is 9.59 Å². The summed E-state index contributed by atoms with van der Waals surface area (Å²) in [6.45, 7) is 3.81. The van der Waals surface area contributed by atoms with E-state index in [2.05, 4.69) is 5.32 Å². The zero-order chi connectivity index (χ0) is 20.2. The first-order chi connectivity index (χ1) is 12.6. The summed E-state index contributed by atoms with van der Waals surface area (Å²) in [5, 5.41) is 2.82. The summed E-state index contributed by atoms with van der Waals surface area (Å²) in [4.78, 5) is 26.1. The smallest absolute Gasteiger partial charge is 0.254 e. The molecule has 0 unspecified atom stereocenters. The summed E-state index contributed by atoms with van der Waals surface area (Å²) in [6, 6.07) is 12.0. The molecule has 0 aliphatic rings. The number of benzene rings is 2. The molecule has 2 aromatic rings. The second-order valence-electron chi connectivity index (χ2n) is 6.72. The lowest BCUT2D eigenvalue weighted by Gasteiger charge is -2.18. The fourth-order valence-corrected chi connectivity index (χ4v) is 3.43. The van der Waals surface area contributed by atoms with Crippen molar-refractivity contribution in [2.24, 2.45) is 0 Å². The molecule has 0 bridgehead atoms. The number of hydrogen-bond acceptors (Lipinski definition) is 4. The molecule has 1 N–H and O–H groups in total. The number of nitrogens with one attached hydrogen (secondary N) is 1. The van der Waals surface area contributed by atoms with Gasteiger partial charge in [0.25, 0.3) is 5.91 Å². The predicted molar refractivity (Wildman–Crippen MR) is 106 cm³/mol. The van der Waals surface area contributed by atoms with Crippen LogP contribution in [0, 0.1) is 13.8 Å². The van der Waals surface area contributed by atoms with Crippen molar-refractivity contribution in [3.63, 3.8) is 0 Å². The number of rotatable bonds is 6. The van der Waals surface area contributed by atoms with E-state index in [1.165, 1.54) is 4.90 Å². The summed E-state index contributed by atoms with van der Waals surface area (Å²) >= 11 is 0. The lowest BCUT2D eigenvalue weighted by atomic mass is 10.1. The maximum Gasteiger partial charge on any atom is 0.254 e. The molecule has 0 spiro atoms. The van der Waals surface area contributed by atoms with Crippen LogP contribution in [-0.2, 0) is 20.4 Å². The molecule has 0 radical (unpaired) electrons. The van der Waals surface area contributed by atoms with E-state index >= 15 is 0 Å². The molecule has 0 atom stereocenters. The zero-order valence-electron chi connectivity index (χ0n) is 15.9. The number of nitrogens with zero attached hydrogens (tertiary/aromatic N) is 1. The standard InChI is InChI=1S/C20H24N2O4S/c1-14-6-5-7-18(15(14)2)21-19(23)12-22(3)20(24)17-10-8-16(9-11-17)13-27(4,25)26/h5-11H,12-13H2,1-4H3,(H,21,23). The number of anilines is 1. The molecule has 144 valence electrons. The Hall–Kier alpha value is -2.67. The van der Waals surface area contributed by atoms with Crippen LogP contribution in [0.2, 0.25) is 0 Å². The van der Waals surface area contributed by atoms with Crippen LogP contribution in [0.3, 0.4) is 0 Å². The van der Waals surface area contributed by atoms with E-state index in [0.717, 1.165) is 23.1 Å². The van der Waals surface area contributed by atoms with Gasteiger partial charge in [0.15, 0.2) is 9.84 Å². The minimum Gasteiger partial charge on any atom is -0.332 e. The molecule has 0 fully saturated rings. The van der Waals surface area contributed by atoms with Gasteiger partial charge in [-0.15, -0.1) is 0 Å². The molecule has 0 aliphatic heterocycles. The van der Waals surface area contributed by atoms with Gasteiger partial charge in [0.05, 0.1) is 12.3 Å². The first kappa shape index (κ1) is 20.6. The van der Waals surface area contributed by atoms with Crippen LogP contribution in [0.1, 0.15) is 27.0 Å². The van der Waals surface area contributed by atoms with Crippen LogP contribution >= 0.6 is 0 Å². The first-order valence-electron chi connectivity index (χ1n) is 8.45. The number of carbonyl (C=O) groups excluding carboxylic acids is 2. The van der Waals surface area contributed by atoms with Crippen LogP contribution in [0.25, 0.3) is 0 Å². The van der Waals surface area contributed by atoms with Gasteiger partial charge in [0.1, 0.15) is 0 Å². The van der Waals surface area contributed by atoms with Gasteiger partial charge in [0, 0.05) is 24.6 Å². The van der Waals surface area contributed by atoms with Crippen molar-refractivity contribution in [2.45, 2.75) is 19.6 Å². The van der Waals surface area contributed by atoms with Gasteiger partial charge in [-0.2, -0.15) is 0 Å². The largest absolute Gasteiger partial charge is 0.332 e. The highest BCUT2D eigenvalue weighted by Gasteiger charge is 2.16. The molecular weight excluding hydrogens is 364 g/mol. The maximum atomic E-state index is 12.5. The molecule has 2 aromatic carbocycles. The highest BCUT2D eigenvalue weighted by Crippen LogP contribution is 2.18. The van der Waals surface area contributed by atoms with Crippen molar-refractivity contribution >= 4 is 27.3 Å². The van der Waals surface area contributed by atoms with E-state index < -0.39 is 9.84 Å². The Morgan fingerprint density at radius 3 is 2.26 bits per heavy atom. The first-order valence-corrected chi connectivity index (χ1v) is 10.5. The Morgan fingerprint density at radius 1 is 1.04 bits per heavy atom. The summed E-state index contributed by atoms with van der Waals surface area (Å²) in [5.41, 5.74) is 3.80. The topological polar surface area (TPSA) is 83.6 Å². The third-order valence-corrected chi connectivity index (χ3v) is 5.09. The number of amides is 2. The van der Waals surface area contributed by atoms with Crippen LogP contribution in [-0.4, -0.2) is 45.0 Å².